The summed E-state index contributed by atoms with van der Waals surface area (Å²) in [7, 11) is 1.67. The summed E-state index contributed by atoms with van der Waals surface area (Å²) in [6, 6.07) is 23.9. The van der Waals surface area contributed by atoms with Gasteiger partial charge in [0.2, 0.25) is 0 Å². The fourth-order valence-electron chi connectivity index (χ4n) is 4.34. The molecule has 0 spiro atoms. The van der Waals surface area contributed by atoms with Crippen LogP contribution in [0.5, 0.6) is 5.75 Å². The van der Waals surface area contributed by atoms with Crippen molar-refractivity contribution in [2.45, 2.75) is 12.5 Å². The number of ether oxygens (including phenoxy) is 1. The van der Waals surface area contributed by atoms with Crippen molar-refractivity contribution in [3.05, 3.63) is 102 Å². The molecular formula is C27H26N4O2. The predicted molar refractivity (Wildman–Crippen MR) is 132 cm³/mol. The smallest absolute Gasteiger partial charge is 0.315 e. The molecular weight excluding hydrogens is 412 g/mol. The van der Waals surface area contributed by atoms with Crippen molar-refractivity contribution in [2.24, 2.45) is 0 Å². The molecule has 0 bridgehead atoms. The van der Waals surface area contributed by atoms with Gasteiger partial charge in [-0.15, -0.1) is 0 Å². The van der Waals surface area contributed by atoms with Crippen molar-refractivity contribution in [3.8, 4) is 5.75 Å². The van der Waals surface area contributed by atoms with E-state index in [9.17, 15) is 4.79 Å². The number of carbonyl (C=O) groups excluding carboxylic acids is 1. The largest absolute Gasteiger partial charge is 0.497 e. The number of hydrogen-bond donors (Lipinski definition) is 4. The molecule has 2 heterocycles. The Morgan fingerprint density at radius 1 is 0.848 bits per heavy atom. The highest BCUT2D eigenvalue weighted by Gasteiger charge is 2.22. The van der Waals surface area contributed by atoms with E-state index in [1.807, 2.05) is 73.1 Å². The molecule has 0 saturated heterocycles. The van der Waals surface area contributed by atoms with Gasteiger partial charge in [-0.25, -0.2) is 4.79 Å². The van der Waals surface area contributed by atoms with Crippen molar-refractivity contribution in [1.82, 2.24) is 20.6 Å². The SMILES string of the molecule is COc1ccc2[nH]cc(C(CNC(=O)NCc3ccccc3)c3c[nH]c4ccccc34)c2c1. The quantitative estimate of drug-likeness (QED) is 0.278. The molecule has 1 atom stereocenters. The average molecular weight is 439 g/mol. The lowest BCUT2D eigenvalue weighted by Gasteiger charge is -2.18. The summed E-state index contributed by atoms with van der Waals surface area (Å²) in [5, 5.41) is 8.25. The Labute approximate surface area is 192 Å². The van der Waals surface area contributed by atoms with Crippen molar-refractivity contribution in [2.75, 3.05) is 13.7 Å². The van der Waals surface area contributed by atoms with Gasteiger partial charge >= 0.3 is 6.03 Å². The maximum absolute atomic E-state index is 12.6. The zero-order valence-electron chi connectivity index (χ0n) is 18.4. The number of nitrogens with one attached hydrogen (secondary N) is 4. The number of H-pyrrole nitrogens is 2. The maximum Gasteiger partial charge on any atom is 0.315 e. The van der Waals surface area contributed by atoms with Crippen LogP contribution in [-0.4, -0.2) is 29.7 Å². The Balaban J connectivity index is 1.44. The summed E-state index contributed by atoms with van der Waals surface area (Å²) in [5.74, 6) is 0.749. The summed E-state index contributed by atoms with van der Waals surface area (Å²) in [6.07, 6.45) is 4.07. The third-order valence-electron chi connectivity index (χ3n) is 6.06. The van der Waals surface area contributed by atoms with Crippen LogP contribution in [0.25, 0.3) is 21.8 Å². The standard InChI is InChI=1S/C27H26N4O2/c1-33-19-11-12-26-21(13-19)23(16-29-26)24(22-15-28-25-10-6-5-9-20(22)25)17-31-27(32)30-14-18-7-3-2-4-8-18/h2-13,15-16,24,28-29H,14,17H2,1H3,(H2,30,31,32). The lowest BCUT2D eigenvalue weighted by atomic mass is 9.90. The Kier molecular flexibility index (Phi) is 5.72. The van der Waals surface area contributed by atoms with E-state index in [1.54, 1.807) is 7.11 Å². The molecule has 0 radical (unpaired) electrons. The highest BCUT2D eigenvalue weighted by molar-refractivity contribution is 5.89. The molecule has 2 amide bonds. The van der Waals surface area contributed by atoms with Gasteiger partial charge in [0, 0.05) is 53.2 Å². The zero-order chi connectivity index (χ0) is 22.6. The first-order valence-electron chi connectivity index (χ1n) is 11.0. The zero-order valence-corrected chi connectivity index (χ0v) is 18.4. The molecule has 0 aliphatic carbocycles. The summed E-state index contributed by atoms with van der Waals surface area (Å²) in [4.78, 5) is 19.4. The fourth-order valence-corrected chi connectivity index (χ4v) is 4.34. The van der Waals surface area contributed by atoms with Crippen LogP contribution in [0.3, 0.4) is 0 Å². The summed E-state index contributed by atoms with van der Waals surface area (Å²) in [5.41, 5.74) is 5.41. The number of amides is 2. The van der Waals surface area contributed by atoms with Crippen LogP contribution in [0.4, 0.5) is 4.79 Å². The van der Waals surface area contributed by atoms with Crippen LogP contribution < -0.4 is 15.4 Å². The van der Waals surface area contributed by atoms with Gasteiger partial charge in [0.25, 0.3) is 0 Å². The van der Waals surface area contributed by atoms with E-state index in [4.69, 9.17) is 4.74 Å². The van der Waals surface area contributed by atoms with E-state index < -0.39 is 0 Å². The van der Waals surface area contributed by atoms with Gasteiger partial charge in [0.05, 0.1) is 7.11 Å². The second-order valence-corrected chi connectivity index (χ2v) is 8.05. The maximum atomic E-state index is 12.6. The van der Waals surface area contributed by atoms with E-state index in [1.165, 1.54) is 0 Å². The highest BCUT2D eigenvalue weighted by Crippen LogP contribution is 2.35. The van der Waals surface area contributed by atoms with Crippen LogP contribution in [0, 0.1) is 0 Å². The lowest BCUT2D eigenvalue weighted by Crippen LogP contribution is -2.37. The molecule has 0 saturated carbocycles. The van der Waals surface area contributed by atoms with Crippen LogP contribution in [0.15, 0.2) is 85.2 Å². The number of carbonyl (C=O) groups is 1. The van der Waals surface area contributed by atoms with E-state index in [0.717, 1.165) is 44.2 Å². The second-order valence-electron chi connectivity index (χ2n) is 8.05. The molecule has 2 aromatic heterocycles. The molecule has 3 aromatic carbocycles. The third kappa shape index (κ3) is 4.28. The molecule has 5 aromatic rings. The lowest BCUT2D eigenvalue weighted by molar-refractivity contribution is 0.240. The molecule has 0 aliphatic rings. The van der Waals surface area contributed by atoms with E-state index in [-0.39, 0.29) is 11.9 Å². The van der Waals surface area contributed by atoms with Crippen LogP contribution in [0.1, 0.15) is 22.6 Å². The van der Waals surface area contributed by atoms with E-state index in [2.05, 4.69) is 32.7 Å². The predicted octanol–water partition coefficient (Wildman–Crippen LogP) is 5.29. The van der Waals surface area contributed by atoms with E-state index >= 15 is 0 Å². The number of fused-ring (bicyclic) bond motifs is 2. The van der Waals surface area contributed by atoms with Gasteiger partial charge in [-0.05, 0) is 41.0 Å². The van der Waals surface area contributed by atoms with Crippen molar-refractivity contribution >= 4 is 27.8 Å². The van der Waals surface area contributed by atoms with Gasteiger partial charge in [-0.3, -0.25) is 0 Å². The summed E-state index contributed by atoms with van der Waals surface area (Å²) < 4.78 is 5.46. The Bertz CT molecular complexity index is 1390. The first-order chi connectivity index (χ1) is 16.2. The number of methoxy groups -OCH3 is 1. The minimum atomic E-state index is -0.193. The Morgan fingerprint density at radius 3 is 2.33 bits per heavy atom. The third-order valence-corrected chi connectivity index (χ3v) is 6.06. The second kappa shape index (κ2) is 9.12. The average Bonchev–Trinajstić information content (AvgIpc) is 3.48. The van der Waals surface area contributed by atoms with Gasteiger partial charge in [-0.1, -0.05) is 48.5 Å². The van der Waals surface area contributed by atoms with Gasteiger partial charge in [0.1, 0.15) is 5.75 Å². The molecule has 4 N–H and O–H groups in total. The number of aromatic nitrogens is 2. The number of rotatable bonds is 7. The van der Waals surface area contributed by atoms with Crippen molar-refractivity contribution in [1.29, 1.82) is 0 Å². The van der Waals surface area contributed by atoms with Gasteiger partial charge in [-0.2, -0.15) is 0 Å². The Hall–Kier alpha value is -4.19. The van der Waals surface area contributed by atoms with Gasteiger partial charge in [0.15, 0.2) is 0 Å². The fraction of sp³-hybridized carbons (Fsp3) is 0.148. The molecule has 166 valence electrons. The number of benzene rings is 3. The van der Waals surface area contributed by atoms with Crippen molar-refractivity contribution in [3.63, 3.8) is 0 Å². The number of hydrogen-bond acceptors (Lipinski definition) is 2. The van der Waals surface area contributed by atoms with Crippen LogP contribution >= 0.6 is 0 Å². The van der Waals surface area contributed by atoms with Crippen LogP contribution in [-0.2, 0) is 6.54 Å². The molecule has 6 nitrogen and oxygen atoms in total. The normalized spacial score (nSPS) is 12.0. The Morgan fingerprint density at radius 2 is 1.55 bits per heavy atom. The molecule has 33 heavy (non-hydrogen) atoms. The topological polar surface area (TPSA) is 81.9 Å². The first-order valence-corrected chi connectivity index (χ1v) is 11.0. The molecule has 5 rings (SSSR count). The molecule has 6 heteroatoms. The van der Waals surface area contributed by atoms with Crippen LogP contribution in [0.2, 0.25) is 0 Å². The summed E-state index contributed by atoms with van der Waals surface area (Å²) in [6.45, 7) is 0.932. The molecule has 0 fully saturated rings. The number of aromatic amines is 2. The highest BCUT2D eigenvalue weighted by atomic mass is 16.5. The first kappa shape index (κ1) is 20.7. The minimum Gasteiger partial charge on any atom is -0.497 e. The monoisotopic (exact) mass is 438 g/mol. The number of para-hydroxylation sites is 1. The molecule has 1 unspecified atom stereocenters. The van der Waals surface area contributed by atoms with E-state index in [0.29, 0.717) is 13.1 Å². The van der Waals surface area contributed by atoms with Crippen molar-refractivity contribution < 1.29 is 9.53 Å². The van der Waals surface area contributed by atoms with Gasteiger partial charge < -0.3 is 25.3 Å². The molecule has 0 aliphatic heterocycles. The minimum absolute atomic E-state index is 0.0514. The number of urea groups is 1. The summed E-state index contributed by atoms with van der Waals surface area (Å²) >= 11 is 0.